The third-order valence-corrected chi connectivity index (χ3v) is 3.55. The standard InChI is InChI=1S/C10H14ClNOS/c1-3-14(13)10-5-4-9(11)6-8(10)7-12-2/h4-6,12H,3,7H2,1-2H3. The van der Waals surface area contributed by atoms with Gasteiger partial charge in [0, 0.05) is 22.2 Å². The lowest BCUT2D eigenvalue weighted by atomic mass is 10.2. The molecule has 78 valence electrons. The summed E-state index contributed by atoms with van der Waals surface area (Å²) in [5.41, 5.74) is 1.01. The maximum atomic E-state index is 11.7. The molecule has 0 saturated heterocycles. The van der Waals surface area contributed by atoms with Crippen molar-refractivity contribution in [1.29, 1.82) is 0 Å². The van der Waals surface area contributed by atoms with Crippen LogP contribution in [0, 0.1) is 0 Å². The van der Waals surface area contributed by atoms with Crippen LogP contribution >= 0.6 is 11.6 Å². The highest BCUT2D eigenvalue weighted by atomic mass is 35.5. The van der Waals surface area contributed by atoms with Crippen molar-refractivity contribution in [2.45, 2.75) is 18.4 Å². The van der Waals surface area contributed by atoms with Gasteiger partial charge in [-0.2, -0.15) is 0 Å². The zero-order valence-electron chi connectivity index (χ0n) is 8.34. The Hall–Kier alpha value is -0.380. The molecule has 0 amide bonds. The molecule has 0 radical (unpaired) electrons. The molecule has 0 bridgehead atoms. The zero-order chi connectivity index (χ0) is 10.6. The number of rotatable bonds is 4. The fraction of sp³-hybridized carbons (Fsp3) is 0.400. The fourth-order valence-corrected chi connectivity index (χ4v) is 2.40. The van der Waals surface area contributed by atoms with Crippen molar-refractivity contribution in [1.82, 2.24) is 5.32 Å². The Morgan fingerprint density at radius 2 is 2.21 bits per heavy atom. The van der Waals surface area contributed by atoms with E-state index in [2.05, 4.69) is 5.32 Å². The average Bonchev–Trinajstić information content (AvgIpc) is 2.17. The monoisotopic (exact) mass is 231 g/mol. The number of halogens is 1. The van der Waals surface area contributed by atoms with Gasteiger partial charge in [0.05, 0.1) is 10.8 Å². The van der Waals surface area contributed by atoms with Crippen LogP contribution in [0.4, 0.5) is 0 Å². The van der Waals surface area contributed by atoms with Crippen molar-refractivity contribution >= 4 is 22.4 Å². The summed E-state index contributed by atoms with van der Waals surface area (Å²) < 4.78 is 11.7. The van der Waals surface area contributed by atoms with Gasteiger partial charge in [-0.25, -0.2) is 0 Å². The van der Waals surface area contributed by atoms with Gasteiger partial charge >= 0.3 is 0 Å². The second-order valence-corrected chi connectivity index (χ2v) is 5.06. The van der Waals surface area contributed by atoms with Crippen LogP contribution in [-0.4, -0.2) is 17.0 Å². The van der Waals surface area contributed by atoms with Gasteiger partial charge in [0.1, 0.15) is 0 Å². The van der Waals surface area contributed by atoms with Gasteiger partial charge in [-0.3, -0.25) is 4.21 Å². The molecule has 1 atom stereocenters. The largest absolute Gasteiger partial charge is 0.316 e. The van der Waals surface area contributed by atoms with Crippen molar-refractivity contribution in [2.75, 3.05) is 12.8 Å². The van der Waals surface area contributed by atoms with Crippen molar-refractivity contribution in [3.63, 3.8) is 0 Å². The quantitative estimate of drug-likeness (QED) is 0.861. The van der Waals surface area contributed by atoms with Crippen LogP contribution in [-0.2, 0) is 17.3 Å². The van der Waals surface area contributed by atoms with E-state index in [1.54, 1.807) is 6.07 Å². The van der Waals surface area contributed by atoms with E-state index in [-0.39, 0.29) is 0 Å². The van der Waals surface area contributed by atoms with Crippen molar-refractivity contribution in [2.24, 2.45) is 0 Å². The summed E-state index contributed by atoms with van der Waals surface area (Å²) >= 11 is 5.87. The maximum absolute atomic E-state index is 11.7. The molecule has 0 spiro atoms. The SMILES string of the molecule is CCS(=O)c1ccc(Cl)cc1CNC. The van der Waals surface area contributed by atoms with Gasteiger partial charge in [-0.1, -0.05) is 18.5 Å². The van der Waals surface area contributed by atoms with Crippen LogP contribution in [0.25, 0.3) is 0 Å². The number of benzene rings is 1. The summed E-state index contributed by atoms with van der Waals surface area (Å²) in [6.07, 6.45) is 0. The molecule has 0 saturated carbocycles. The highest BCUT2D eigenvalue weighted by Crippen LogP contribution is 2.19. The van der Waals surface area contributed by atoms with E-state index >= 15 is 0 Å². The van der Waals surface area contributed by atoms with E-state index in [0.29, 0.717) is 17.3 Å². The lowest BCUT2D eigenvalue weighted by Gasteiger charge is -2.08. The second kappa shape index (κ2) is 5.49. The molecule has 0 aliphatic heterocycles. The molecular formula is C10H14ClNOS. The zero-order valence-corrected chi connectivity index (χ0v) is 9.91. The highest BCUT2D eigenvalue weighted by Gasteiger charge is 2.07. The fourth-order valence-electron chi connectivity index (χ4n) is 1.25. The molecule has 0 fully saturated rings. The molecule has 0 aromatic heterocycles. The van der Waals surface area contributed by atoms with Crippen LogP contribution in [0.15, 0.2) is 23.1 Å². The molecule has 1 aromatic rings. The molecule has 4 heteroatoms. The van der Waals surface area contributed by atoms with Gasteiger partial charge < -0.3 is 5.32 Å². The van der Waals surface area contributed by atoms with E-state index < -0.39 is 10.8 Å². The van der Waals surface area contributed by atoms with Gasteiger partial charge in [0.2, 0.25) is 0 Å². The number of nitrogens with one attached hydrogen (secondary N) is 1. The van der Waals surface area contributed by atoms with E-state index in [0.717, 1.165) is 10.5 Å². The van der Waals surface area contributed by atoms with Crippen molar-refractivity contribution in [3.05, 3.63) is 28.8 Å². The summed E-state index contributed by atoms with van der Waals surface area (Å²) in [6.45, 7) is 2.61. The Balaban J connectivity index is 3.07. The van der Waals surface area contributed by atoms with E-state index in [4.69, 9.17) is 11.6 Å². The van der Waals surface area contributed by atoms with Crippen molar-refractivity contribution < 1.29 is 4.21 Å². The molecule has 0 heterocycles. The lowest BCUT2D eigenvalue weighted by molar-refractivity contribution is 0.681. The van der Waals surface area contributed by atoms with Crippen LogP contribution in [0.1, 0.15) is 12.5 Å². The average molecular weight is 232 g/mol. The van der Waals surface area contributed by atoms with Crippen LogP contribution in [0.5, 0.6) is 0 Å². The van der Waals surface area contributed by atoms with Gasteiger partial charge in [-0.05, 0) is 30.8 Å². The van der Waals surface area contributed by atoms with Crippen LogP contribution in [0.3, 0.4) is 0 Å². The highest BCUT2D eigenvalue weighted by molar-refractivity contribution is 7.85. The molecule has 1 aromatic carbocycles. The number of hydrogen-bond acceptors (Lipinski definition) is 2. The Labute approximate surface area is 92.1 Å². The van der Waals surface area contributed by atoms with Crippen LogP contribution in [0.2, 0.25) is 5.02 Å². The lowest BCUT2D eigenvalue weighted by Crippen LogP contribution is -2.09. The first-order valence-corrected chi connectivity index (χ1v) is 6.20. The molecule has 0 aliphatic carbocycles. The summed E-state index contributed by atoms with van der Waals surface area (Å²) in [6, 6.07) is 5.49. The van der Waals surface area contributed by atoms with Crippen molar-refractivity contribution in [3.8, 4) is 0 Å². The van der Waals surface area contributed by atoms with E-state index in [1.165, 1.54) is 0 Å². The Morgan fingerprint density at radius 3 is 2.79 bits per heavy atom. The normalized spacial score (nSPS) is 12.8. The second-order valence-electron chi connectivity index (χ2n) is 2.92. The van der Waals surface area contributed by atoms with E-state index in [9.17, 15) is 4.21 Å². The topological polar surface area (TPSA) is 29.1 Å². The molecule has 1 unspecified atom stereocenters. The first kappa shape index (κ1) is 11.7. The summed E-state index contributed by atoms with van der Waals surface area (Å²) in [5, 5.41) is 3.72. The number of hydrogen-bond donors (Lipinski definition) is 1. The molecule has 0 aliphatic rings. The third kappa shape index (κ3) is 2.80. The molecule has 1 rings (SSSR count). The molecule has 1 N–H and O–H groups in total. The first-order chi connectivity index (χ1) is 6.69. The summed E-state index contributed by atoms with van der Waals surface area (Å²) in [5.74, 6) is 0.637. The molecule has 14 heavy (non-hydrogen) atoms. The Bertz CT molecular complexity index is 341. The third-order valence-electron chi connectivity index (χ3n) is 1.90. The Kier molecular flexibility index (Phi) is 4.58. The summed E-state index contributed by atoms with van der Waals surface area (Å²) in [7, 11) is 0.950. The molecule has 2 nitrogen and oxygen atoms in total. The van der Waals surface area contributed by atoms with Gasteiger partial charge in [-0.15, -0.1) is 0 Å². The maximum Gasteiger partial charge on any atom is 0.0530 e. The van der Waals surface area contributed by atoms with Gasteiger partial charge in [0.15, 0.2) is 0 Å². The minimum Gasteiger partial charge on any atom is -0.316 e. The Morgan fingerprint density at radius 1 is 1.50 bits per heavy atom. The van der Waals surface area contributed by atoms with E-state index in [1.807, 2.05) is 26.1 Å². The van der Waals surface area contributed by atoms with Crippen LogP contribution < -0.4 is 5.32 Å². The predicted octanol–water partition coefficient (Wildman–Crippen LogP) is 2.19. The summed E-state index contributed by atoms with van der Waals surface area (Å²) in [4.78, 5) is 0.881. The smallest absolute Gasteiger partial charge is 0.0530 e. The first-order valence-electron chi connectivity index (χ1n) is 4.50. The minimum absolute atomic E-state index is 0.637. The predicted molar refractivity (Wildman–Crippen MR) is 61.2 cm³/mol. The minimum atomic E-state index is -0.910. The van der Waals surface area contributed by atoms with Gasteiger partial charge in [0.25, 0.3) is 0 Å². The molecular weight excluding hydrogens is 218 g/mol.